The van der Waals surface area contributed by atoms with Crippen LogP contribution in [0.3, 0.4) is 0 Å². The Balaban J connectivity index is 1.55. The molecule has 0 saturated heterocycles. The van der Waals surface area contributed by atoms with Crippen LogP contribution < -0.4 is 10.5 Å². The zero-order valence-electron chi connectivity index (χ0n) is 11.0. The number of ether oxygens (including phenoxy) is 1. The first-order valence-electron chi connectivity index (χ1n) is 7.27. The van der Waals surface area contributed by atoms with Crippen LogP contribution in [0.25, 0.3) is 0 Å². The van der Waals surface area contributed by atoms with Crippen molar-refractivity contribution in [1.29, 1.82) is 0 Å². The lowest BCUT2D eigenvalue weighted by molar-refractivity contribution is 0.195. The predicted molar refractivity (Wildman–Crippen MR) is 73.6 cm³/mol. The van der Waals surface area contributed by atoms with Gasteiger partial charge in [-0.25, -0.2) is 0 Å². The third-order valence-corrected chi connectivity index (χ3v) is 4.68. The second-order valence-electron chi connectivity index (χ2n) is 5.93. The SMILES string of the molecule is NCCc1cccc(OCC2CC3CCC2C3)c1. The number of nitrogens with two attached hydrogens (primary N) is 1. The van der Waals surface area contributed by atoms with E-state index >= 15 is 0 Å². The summed E-state index contributed by atoms with van der Waals surface area (Å²) in [5.74, 6) is 3.78. The van der Waals surface area contributed by atoms with Crippen LogP contribution in [0.2, 0.25) is 0 Å². The Morgan fingerprint density at radius 2 is 2.17 bits per heavy atom. The fourth-order valence-corrected chi connectivity index (χ4v) is 3.74. The van der Waals surface area contributed by atoms with Gasteiger partial charge in [0.2, 0.25) is 0 Å². The quantitative estimate of drug-likeness (QED) is 0.865. The molecule has 0 radical (unpaired) electrons. The van der Waals surface area contributed by atoms with Gasteiger partial charge in [0.15, 0.2) is 0 Å². The zero-order chi connectivity index (χ0) is 12.4. The molecule has 3 atom stereocenters. The van der Waals surface area contributed by atoms with Crippen molar-refractivity contribution in [1.82, 2.24) is 0 Å². The summed E-state index contributed by atoms with van der Waals surface area (Å²) in [7, 11) is 0. The van der Waals surface area contributed by atoms with E-state index in [1.807, 2.05) is 0 Å². The van der Waals surface area contributed by atoms with Crippen LogP contribution in [0.4, 0.5) is 0 Å². The average Bonchev–Trinajstić information content (AvgIpc) is 2.99. The summed E-state index contributed by atoms with van der Waals surface area (Å²) in [6, 6.07) is 8.39. The Labute approximate surface area is 110 Å². The van der Waals surface area contributed by atoms with Gasteiger partial charge in [0.05, 0.1) is 6.61 Å². The molecule has 0 heterocycles. The molecule has 0 aliphatic heterocycles. The highest BCUT2D eigenvalue weighted by atomic mass is 16.5. The average molecular weight is 245 g/mol. The number of hydrogen-bond donors (Lipinski definition) is 1. The van der Waals surface area contributed by atoms with E-state index in [0.29, 0.717) is 6.54 Å². The highest BCUT2D eigenvalue weighted by Crippen LogP contribution is 2.48. The lowest BCUT2D eigenvalue weighted by atomic mass is 9.89. The van der Waals surface area contributed by atoms with Gasteiger partial charge in [0.1, 0.15) is 5.75 Å². The number of hydrogen-bond acceptors (Lipinski definition) is 2. The number of benzene rings is 1. The minimum absolute atomic E-state index is 0.704. The molecule has 2 N–H and O–H groups in total. The number of fused-ring (bicyclic) bond motifs is 2. The lowest BCUT2D eigenvalue weighted by Crippen LogP contribution is -2.18. The fourth-order valence-electron chi connectivity index (χ4n) is 3.74. The maximum atomic E-state index is 5.99. The Hall–Kier alpha value is -1.02. The van der Waals surface area contributed by atoms with Gasteiger partial charge >= 0.3 is 0 Å². The maximum absolute atomic E-state index is 5.99. The van der Waals surface area contributed by atoms with Crippen LogP contribution in [0.15, 0.2) is 24.3 Å². The fraction of sp³-hybridized carbons (Fsp3) is 0.625. The first-order valence-corrected chi connectivity index (χ1v) is 7.27. The lowest BCUT2D eigenvalue weighted by Gasteiger charge is -2.21. The van der Waals surface area contributed by atoms with Crippen molar-refractivity contribution in [3.05, 3.63) is 29.8 Å². The summed E-state index contributed by atoms with van der Waals surface area (Å²) in [6.45, 7) is 1.61. The van der Waals surface area contributed by atoms with Crippen molar-refractivity contribution in [3.8, 4) is 5.75 Å². The molecular weight excluding hydrogens is 222 g/mol. The van der Waals surface area contributed by atoms with Gasteiger partial charge in [-0.15, -0.1) is 0 Å². The van der Waals surface area contributed by atoms with Crippen molar-refractivity contribution < 1.29 is 4.74 Å². The Kier molecular flexibility index (Phi) is 3.55. The number of rotatable bonds is 5. The molecule has 1 aromatic rings. The molecule has 2 heteroatoms. The maximum Gasteiger partial charge on any atom is 0.119 e. The minimum atomic E-state index is 0.704. The topological polar surface area (TPSA) is 35.2 Å². The molecule has 0 spiro atoms. The van der Waals surface area contributed by atoms with Gasteiger partial charge in [0, 0.05) is 0 Å². The summed E-state index contributed by atoms with van der Waals surface area (Å²) in [5.41, 5.74) is 6.86. The molecule has 3 unspecified atom stereocenters. The molecule has 2 bridgehead atoms. The van der Waals surface area contributed by atoms with E-state index in [0.717, 1.165) is 36.5 Å². The molecular formula is C16H23NO. The molecule has 98 valence electrons. The minimum Gasteiger partial charge on any atom is -0.493 e. The molecule has 0 aromatic heterocycles. The normalized spacial score (nSPS) is 29.7. The van der Waals surface area contributed by atoms with Crippen LogP contribution in [0, 0.1) is 17.8 Å². The second kappa shape index (κ2) is 5.31. The molecule has 2 aliphatic rings. The van der Waals surface area contributed by atoms with Crippen LogP contribution >= 0.6 is 0 Å². The third-order valence-electron chi connectivity index (χ3n) is 4.68. The van der Waals surface area contributed by atoms with Crippen LogP contribution in [-0.2, 0) is 6.42 Å². The molecule has 0 amide bonds. The molecule has 1 aromatic carbocycles. The molecule has 3 rings (SSSR count). The monoisotopic (exact) mass is 245 g/mol. The van der Waals surface area contributed by atoms with Crippen LogP contribution in [0.1, 0.15) is 31.2 Å². The van der Waals surface area contributed by atoms with Gasteiger partial charge < -0.3 is 10.5 Å². The van der Waals surface area contributed by atoms with E-state index in [-0.39, 0.29) is 0 Å². The van der Waals surface area contributed by atoms with Gasteiger partial charge in [-0.3, -0.25) is 0 Å². The zero-order valence-corrected chi connectivity index (χ0v) is 11.0. The van der Waals surface area contributed by atoms with Crippen molar-refractivity contribution in [3.63, 3.8) is 0 Å². The standard InChI is InChI=1S/C16H23NO/c17-7-6-12-2-1-3-16(10-12)18-11-15-9-13-4-5-14(15)8-13/h1-3,10,13-15H,4-9,11,17H2. The third kappa shape index (κ3) is 2.54. The Morgan fingerprint density at radius 3 is 2.89 bits per heavy atom. The van der Waals surface area contributed by atoms with Crippen LogP contribution in [0.5, 0.6) is 5.75 Å². The van der Waals surface area contributed by atoms with E-state index in [1.54, 1.807) is 0 Å². The van der Waals surface area contributed by atoms with Gasteiger partial charge in [-0.2, -0.15) is 0 Å². The van der Waals surface area contributed by atoms with E-state index in [1.165, 1.54) is 31.2 Å². The smallest absolute Gasteiger partial charge is 0.119 e. The first kappa shape index (κ1) is 12.0. The summed E-state index contributed by atoms with van der Waals surface area (Å²) >= 11 is 0. The Bertz CT molecular complexity index is 404. The first-order chi connectivity index (χ1) is 8.85. The predicted octanol–water partition coefficient (Wildman–Crippen LogP) is 3.00. The van der Waals surface area contributed by atoms with Crippen molar-refractivity contribution in [2.75, 3.05) is 13.2 Å². The van der Waals surface area contributed by atoms with E-state index in [2.05, 4.69) is 24.3 Å². The molecule has 2 nitrogen and oxygen atoms in total. The molecule has 2 fully saturated rings. The molecule has 2 saturated carbocycles. The molecule has 18 heavy (non-hydrogen) atoms. The largest absolute Gasteiger partial charge is 0.493 e. The highest BCUT2D eigenvalue weighted by molar-refractivity contribution is 5.28. The van der Waals surface area contributed by atoms with Gasteiger partial charge in [-0.1, -0.05) is 18.6 Å². The molecule has 2 aliphatic carbocycles. The summed E-state index contributed by atoms with van der Waals surface area (Å²) < 4.78 is 5.99. The van der Waals surface area contributed by atoms with Crippen LogP contribution in [-0.4, -0.2) is 13.2 Å². The van der Waals surface area contributed by atoms with E-state index in [9.17, 15) is 0 Å². The van der Waals surface area contributed by atoms with Gasteiger partial charge in [-0.05, 0) is 67.7 Å². The Morgan fingerprint density at radius 1 is 1.22 bits per heavy atom. The second-order valence-corrected chi connectivity index (χ2v) is 5.93. The summed E-state index contributed by atoms with van der Waals surface area (Å²) in [6.07, 6.45) is 6.69. The summed E-state index contributed by atoms with van der Waals surface area (Å²) in [5, 5.41) is 0. The van der Waals surface area contributed by atoms with E-state index < -0.39 is 0 Å². The van der Waals surface area contributed by atoms with Crippen molar-refractivity contribution in [2.24, 2.45) is 23.5 Å². The highest BCUT2D eigenvalue weighted by Gasteiger charge is 2.39. The summed E-state index contributed by atoms with van der Waals surface area (Å²) in [4.78, 5) is 0. The van der Waals surface area contributed by atoms with Crippen molar-refractivity contribution >= 4 is 0 Å². The van der Waals surface area contributed by atoms with E-state index in [4.69, 9.17) is 10.5 Å². The van der Waals surface area contributed by atoms with Gasteiger partial charge in [0.25, 0.3) is 0 Å². The van der Waals surface area contributed by atoms with Crippen molar-refractivity contribution in [2.45, 2.75) is 32.1 Å².